The predicted octanol–water partition coefficient (Wildman–Crippen LogP) is 2.34. The van der Waals surface area contributed by atoms with Crippen LogP contribution in [0.3, 0.4) is 0 Å². The van der Waals surface area contributed by atoms with Crippen molar-refractivity contribution < 1.29 is 14.3 Å². The molecule has 0 bridgehead atoms. The lowest BCUT2D eigenvalue weighted by Gasteiger charge is -2.19. The summed E-state index contributed by atoms with van der Waals surface area (Å²) in [5, 5.41) is 11.2. The zero-order valence-electron chi connectivity index (χ0n) is 11.4. The van der Waals surface area contributed by atoms with Crippen molar-refractivity contribution in [1.29, 1.82) is 5.26 Å². The lowest BCUT2D eigenvalue weighted by Crippen LogP contribution is -2.27. The van der Waals surface area contributed by atoms with E-state index < -0.39 is 0 Å². The van der Waals surface area contributed by atoms with Gasteiger partial charge in [-0.15, -0.1) is 0 Å². The number of carbonyl (C=O) groups is 1. The molecule has 1 N–H and O–H groups in total. The number of amides is 1. The number of carbonyl (C=O) groups excluding carboxylic acids is 1. The molecule has 0 aliphatic carbocycles. The molecule has 1 aromatic rings. The first-order valence-corrected chi connectivity index (χ1v) is 5.95. The van der Waals surface area contributed by atoms with Gasteiger partial charge in [0.05, 0.1) is 11.3 Å². The fraction of sp³-hybridized carbons (Fsp3) is 0.429. The van der Waals surface area contributed by atoms with Gasteiger partial charge in [-0.25, -0.2) is 0 Å². The third kappa shape index (κ3) is 5.89. The maximum absolute atomic E-state index is 11.7. The number of ether oxygens (including phenoxy) is 2. The quantitative estimate of drug-likeness (QED) is 0.884. The number of nitrogens with one attached hydrogen (secondary N) is 1. The van der Waals surface area contributed by atoms with E-state index in [2.05, 4.69) is 5.32 Å². The Morgan fingerprint density at radius 1 is 1.37 bits per heavy atom. The van der Waals surface area contributed by atoms with Crippen molar-refractivity contribution >= 4 is 11.6 Å². The number of hydrogen-bond acceptors (Lipinski definition) is 4. The van der Waals surface area contributed by atoms with Crippen molar-refractivity contribution in [2.24, 2.45) is 0 Å². The molecule has 0 aliphatic heterocycles. The number of hydrogen-bond donors (Lipinski definition) is 1. The molecule has 0 saturated carbocycles. The van der Waals surface area contributed by atoms with Gasteiger partial charge in [-0.3, -0.25) is 4.79 Å². The molecular formula is C14H18N2O3. The number of anilines is 1. The van der Waals surface area contributed by atoms with E-state index in [9.17, 15) is 4.79 Å². The van der Waals surface area contributed by atoms with E-state index in [-0.39, 0.29) is 24.7 Å². The zero-order chi connectivity index (χ0) is 14.3. The standard InChI is InChI=1S/C14H18N2O3/c1-14(2,3)19-10-13(17)16-11-6-4-5-7-12(11)18-9-8-15/h4-7H,9-10H2,1-3H3,(H,16,17). The SMILES string of the molecule is CC(C)(C)OCC(=O)Nc1ccccc1OCC#N. The first-order chi connectivity index (χ1) is 8.92. The van der Waals surface area contributed by atoms with E-state index in [1.807, 2.05) is 26.8 Å². The van der Waals surface area contributed by atoms with Gasteiger partial charge in [-0.05, 0) is 32.9 Å². The van der Waals surface area contributed by atoms with E-state index in [0.717, 1.165) is 0 Å². The molecule has 19 heavy (non-hydrogen) atoms. The number of benzene rings is 1. The normalized spacial score (nSPS) is 10.6. The molecule has 5 nitrogen and oxygen atoms in total. The summed E-state index contributed by atoms with van der Waals surface area (Å²) in [6.45, 7) is 5.54. The van der Waals surface area contributed by atoms with Crippen molar-refractivity contribution in [3.05, 3.63) is 24.3 Å². The highest BCUT2D eigenvalue weighted by atomic mass is 16.5. The van der Waals surface area contributed by atoms with E-state index >= 15 is 0 Å². The Kier molecular flexibility index (Phi) is 5.34. The molecule has 0 aromatic heterocycles. The lowest BCUT2D eigenvalue weighted by atomic mass is 10.2. The fourth-order valence-corrected chi connectivity index (χ4v) is 1.27. The molecule has 0 fully saturated rings. The fourth-order valence-electron chi connectivity index (χ4n) is 1.27. The number of nitrogens with zero attached hydrogens (tertiary/aromatic N) is 1. The van der Waals surface area contributed by atoms with E-state index in [0.29, 0.717) is 11.4 Å². The number of para-hydroxylation sites is 2. The van der Waals surface area contributed by atoms with Gasteiger partial charge in [0.25, 0.3) is 0 Å². The van der Waals surface area contributed by atoms with E-state index in [4.69, 9.17) is 14.7 Å². The Bertz CT molecular complexity index is 472. The Morgan fingerprint density at radius 2 is 2.05 bits per heavy atom. The molecule has 102 valence electrons. The predicted molar refractivity (Wildman–Crippen MR) is 71.9 cm³/mol. The van der Waals surface area contributed by atoms with Gasteiger partial charge in [-0.2, -0.15) is 5.26 Å². The second-order valence-corrected chi connectivity index (χ2v) is 4.89. The Morgan fingerprint density at radius 3 is 2.68 bits per heavy atom. The molecule has 1 rings (SSSR count). The molecule has 0 unspecified atom stereocenters. The summed E-state index contributed by atoms with van der Waals surface area (Å²) in [5.74, 6) is 0.205. The molecular weight excluding hydrogens is 244 g/mol. The van der Waals surface area contributed by atoms with Crippen LogP contribution >= 0.6 is 0 Å². The minimum atomic E-state index is -0.367. The van der Waals surface area contributed by atoms with Crippen molar-refractivity contribution in [2.75, 3.05) is 18.5 Å². The molecule has 0 saturated heterocycles. The summed E-state index contributed by atoms with van der Waals surface area (Å²) in [5.41, 5.74) is 0.161. The van der Waals surface area contributed by atoms with E-state index in [1.165, 1.54) is 0 Å². The van der Waals surface area contributed by atoms with Crippen LogP contribution < -0.4 is 10.1 Å². The Labute approximate surface area is 113 Å². The Balaban J connectivity index is 2.61. The largest absolute Gasteiger partial charge is 0.477 e. The highest BCUT2D eigenvalue weighted by molar-refractivity contribution is 5.93. The second kappa shape index (κ2) is 6.76. The van der Waals surface area contributed by atoms with E-state index in [1.54, 1.807) is 24.3 Å². The van der Waals surface area contributed by atoms with Gasteiger partial charge in [0.2, 0.25) is 5.91 Å². The summed E-state index contributed by atoms with van der Waals surface area (Å²) in [6, 6.07) is 8.83. The number of rotatable bonds is 5. The minimum Gasteiger partial charge on any atom is -0.477 e. The maximum Gasteiger partial charge on any atom is 0.250 e. The third-order valence-electron chi connectivity index (χ3n) is 2.09. The molecule has 1 aromatic carbocycles. The first-order valence-electron chi connectivity index (χ1n) is 5.95. The van der Waals surface area contributed by atoms with Gasteiger partial charge in [0, 0.05) is 0 Å². The summed E-state index contributed by atoms with van der Waals surface area (Å²) in [6.07, 6.45) is 0. The van der Waals surface area contributed by atoms with Crippen LogP contribution in [0.2, 0.25) is 0 Å². The van der Waals surface area contributed by atoms with Crippen LogP contribution in [-0.2, 0) is 9.53 Å². The summed E-state index contributed by atoms with van der Waals surface area (Å²) in [7, 11) is 0. The average Bonchev–Trinajstić information content (AvgIpc) is 2.34. The molecule has 5 heteroatoms. The third-order valence-corrected chi connectivity index (χ3v) is 2.09. The average molecular weight is 262 g/mol. The summed E-state index contributed by atoms with van der Waals surface area (Å²) < 4.78 is 10.6. The van der Waals surface area contributed by atoms with Crippen LogP contribution in [0.5, 0.6) is 5.75 Å². The lowest BCUT2D eigenvalue weighted by molar-refractivity contribution is -0.125. The van der Waals surface area contributed by atoms with Crippen molar-refractivity contribution in [2.45, 2.75) is 26.4 Å². The van der Waals surface area contributed by atoms with Gasteiger partial charge in [-0.1, -0.05) is 12.1 Å². The summed E-state index contributed by atoms with van der Waals surface area (Å²) >= 11 is 0. The van der Waals surface area contributed by atoms with Gasteiger partial charge >= 0.3 is 0 Å². The van der Waals surface area contributed by atoms with Gasteiger partial charge in [0.1, 0.15) is 18.4 Å². The van der Waals surface area contributed by atoms with Crippen LogP contribution in [-0.4, -0.2) is 24.7 Å². The highest BCUT2D eigenvalue weighted by Crippen LogP contribution is 2.23. The van der Waals surface area contributed by atoms with Crippen molar-refractivity contribution in [1.82, 2.24) is 0 Å². The molecule has 0 radical (unpaired) electrons. The topological polar surface area (TPSA) is 71.3 Å². The van der Waals surface area contributed by atoms with Crippen LogP contribution in [0.4, 0.5) is 5.69 Å². The molecule has 1 amide bonds. The van der Waals surface area contributed by atoms with Gasteiger partial charge < -0.3 is 14.8 Å². The van der Waals surface area contributed by atoms with Crippen LogP contribution in [0.1, 0.15) is 20.8 Å². The van der Waals surface area contributed by atoms with Crippen molar-refractivity contribution in [3.8, 4) is 11.8 Å². The maximum atomic E-state index is 11.7. The smallest absolute Gasteiger partial charge is 0.250 e. The summed E-state index contributed by atoms with van der Waals surface area (Å²) in [4.78, 5) is 11.7. The van der Waals surface area contributed by atoms with Crippen LogP contribution in [0.15, 0.2) is 24.3 Å². The first kappa shape index (κ1) is 15.0. The van der Waals surface area contributed by atoms with Crippen LogP contribution in [0, 0.1) is 11.3 Å². The minimum absolute atomic E-state index is 0.0317. The molecule has 0 atom stereocenters. The van der Waals surface area contributed by atoms with Crippen molar-refractivity contribution in [3.63, 3.8) is 0 Å². The van der Waals surface area contributed by atoms with Gasteiger partial charge in [0.15, 0.2) is 6.61 Å². The van der Waals surface area contributed by atoms with Crippen LogP contribution in [0.25, 0.3) is 0 Å². The number of nitriles is 1. The molecule has 0 aliphatic rings. The Hall–Kier alpha value is -2.06. The molecule has 0 spiro atoms. The second-order valence-electron chi connectivity index (χ2n) is 4.89. The molecule has 0 heterocycles. The monoisotopic (exact) mass is 262 g/mol. The highest BCUT2D eigenvalue weighted by Gasteiger charge is 2.14. The zero-order valence-corrected chi connectivity index (χ0v) is 11.4.